The van der Waals surface area contributed by atoms with Crippen LogP contribution in [0.5, 0.6) is 0 Å². The molecule has 0 saturated heterocycles. The number of rotatable bonds is 4. The van der Waals surface area contributed by atoms with E-state index in [9.17, 15) is 9.59 Å². The first-order valence-corrected chi connectivity index (χ1v) is 5.72. The van der Waals surface area contributed by atoms with Gasteiger partial charge in [0.25, 0.3) is 0 Å². The maximum absolute atomic E-state index is 11.6. The Hall–Kier alpha value is -2.11. The van der Waals surface area contributed by atoms with Crippen LogP contribution in [0.4, 0.5) is 4.79 Å². The first kappa shape index (κ1) is 12.3. The van der Waals surface area contributed by atoms with Gasteiger partial charge in [0.15, 0.2) is 0 Å². The lowest BCUT2D eigenvalue weighted by atomic mass is 10.2. The van der Waals surface area contributed by atoms with Crippen LogP contribution < -0.4 is 10.6 Å². The normalized spacial score (nSPS) is 15.8. The van der Waals surface area contributed by atoms with E-state index in [-0.39, 0.29) is 0 Å². The Morgan fingerprint density at radius 3 is 2.78 bits per heavy atom. The van der Waals surface area contributed by atoms with Crippen molar-refractivity contribution in [2.75, 3.05) is 0 Å². The Labute approximate surface area is 104 Å². The van der Waals surface area contributed by atoms with Gasteiger partial charge in [-0.25, -0.2) is 9.59 Å². The molecule has 0 spiro atoms. The minimum absolute atomic E-state index is 0.335. The minimum atomic E-state index is -1.05. The van der Waals surface area contributed by atoms with Crippen molar-refractivity contribution in [3.8, 4) is 0 Å². The van der Waals surface area contributed by atoms with Crippen LogP contribution in [0, 0.1) is 6.92 Å². The highest BCUT2D eigenvalue weighted by molar-refractivity contribution is 5.88. The van der Waals surface area contributed by atoms with Gasteiger partial charge in [-0.15, -0.1) is 0 Å². The predicted octanol–water partition coefficient (Wildman–Crippen LogP) is 0.806. The number of urea groups is 1. The summed E-state index contributed by atoms with van der Waals surface area (Å²) in [5, 5.41) is 14.1. The first-order valence-electron chi connectivity index (χ1n) is 5.72. The zero-order valence-electron chi connectivity index (χ0n) is 10.1. The van der Waals surface area contributed by atoms with Crippen LogP contribution in [0.1, 0.15) is 24.0 Å². The molecule has 1 aromatic heterocycles. The van der Waals surface area contributed by atoms with Gasteiger partial charge in [0.1, 0.15) is 5.54 Å². The van der Waals surface area contributed by atoms with E-state index in [0.29, 0.717) is 19.4 Å². The van der Waals surface area contributed by atoms with Gasteiger partial charge in [0.05, 0.1) is 0 Å². The standard InChI is InChI=1S/C12H15N3O3/c1-8-2-5-13-6-9(8)7-14-11(18)15-12(3-4-12)10(16)17/h2,5-6H,3-4,7H2,1H3,(H,16,17)(H2,14,15,18). The quantitative estimate of drug-likeness (QED) is 0.736. The molecule has 1 aliphatic carbocycles. The highest BCUT2D eigenvalue weighted by Gasteiger charge is 2.51. The number of aliphatic carboxylic acids is 1. The number of nitrogens with zero attached hydrogens (tertiary/aromatic N) is 1. The van der Waals surface area contributed by atoms with E-state index in [4.69, 9.17) is 5.11 Å². The van der Waals surface area contributed by atoms with E-state index in [1.165, 1.54) is 0 Å². The number of carbonyl (C=O) groups is 2. The summed E-state index contributed by atoms with van der Waals surface area (Å²) in [5.41, 5.74) is 0.895. The van der Waals surface area contributed by atoms with Crippen LogP contribution in [0.2, 0.25) is 0 Å². The molecule has 2 amide bonds. The maximum Gasteiger partial charge on any atom is 0.329 e. The number of hydrogen-bond acceptors (Lipinski definition) is 3. The third kappa shape index (κ3) is 2.58. The molecule has 1 saturated carbocycles. The summed E-state index contributed by atoms with van der Waals surface area (Å²) in [6.07, 6.45) is 4.34. The van der Waals surface area contributed by atoms with Crippen LogP contribution in [0.3, 0.4) is 0 Å². The number of aromatic nitrogens is 1. The van der Waals surface area contributed by atoms with E-state index in [1.807, 2.05) is 13.0 Å². The number of amides is 2. The molecule has 0 unspecified atom stereocenters. The zero-order valence-corrected chi connectivity index (χ0v) is 10.1. The molecule has 18 heavy (non-hydrogen) atoms. The molecule has 1 aliphatic rings. The molecular weight excluding hydrogens is 234 g/mol. The summed E-state index contributed by atoms with van der Waals surface area (Å²) < 4.78 is 0. The highest BCUT2D eigenvalue weighted by atomic mass is 16.4. The summed E-state index contributed by atoms with van der Waals surface area (Å²) in [5.74, 6) is -0.977. The Kier molecular flexibility index (Phi) is 3.18. The molecule has 1 aromatic rings. The second kappa shape index (κ2) is 4.64. The molecule has 0 aliphatic heterocycles. The van der Waals surface area contributed by atoms with Crippen LogP contribution >= 0.6 is 0 Å². The van der Waals surface area contributed by atoms with Gasteiger partial charge in [-0.3, -0.25) is 4.98 Å². The van der Waals surface area contributed by atoms with Crippen LogP contribution in [0.15, 0.2) is 18.5 Å². The van der Waals surface area contributed by atoms with Crippen LogP contribution in [0.25, 0.3) is 0 Å². The van der Waals surface area contributed by atoms with E-state index in [2.05, 4.69) is 15.6 Å². The second-order valence-corrected chi connectivity index (χ2v) is 4.50. The first-order chi connectivity index (χ1) is 8.53. The zero-order chi connectivity index (χ0) is 13.2. The number of carboxylic acids is 1. The van der Waals surface area contributed by atoms with E-state index in [1.54, 1.807) is 12.4 Å². The van der Waals surface area contributed by atoms with Gasteiger partial charge in [0.2, 0.25) is 0 Å². The molecular formula is C12H15N3O3. The molecule has 6 heteroatoms. The summed E-state index contributed by atoms with van der Waals surface area (Å²) in [6, 6.07) is 1.40. The minimum Gasteiger partial charge on any atom is -0.480 e. The van der Waals surface area contributed by atoms with Gasteiger partial charge >= 0.3 is 12.0 Å². The smallest absolute Gasteiger partial charge is 0.329 e. The second-order valence-electron chi connectivity index (χ2n) is 4.50. The average molecular weight is 249 g/mol. The lowest BCUT2D eigenvalue weighted by Crippen LogP contribution is -2.47. The number of carbonyl (C=O) groups excluding carboxylic acids is 1. The fourth-order valence-corrected chi connectivity index (χ4v) is 1.64. The van der Waals surface area contributed by atoms with Crippen molar-refractivity contribution in [3.05, 3.63) is 29.6 Å². The van der Waals surface area contributed by atoms with Gasteiger partial charge in [0, 0.05) is 18.9 Å². The fourth-order valence-electron chi connectivity index (χ4n) is 1.64. The maximum atomic E-state index is 11.6. The lowest BCUT2D eigenvalue weighted by molar-refractivity contribution is -0.140. The highest BCUT2D eigenvalue weighted by Crippen LogP contribution is 2.35. The fraction of sp³-hybridized carbons (Fsp3) is 0.417. The van der Waals surface area contributed by atoms with Crippen molar-refractivity contribution in [1.82, 2.24) is 15.6 Å². The van der Waals surface area contributed by atoms with Crippen molar-refractivity contribution in [1.29, 1.82) is 0 Å². The molecule has 0 atom stereocenters. The number of nitrogens with one attached hydrogen (secondary N) is 2. The monoisotopic (exact) mass is 249 g/mol. The van der Waals surface area contributed by atoms with Crippen LogP contribution in [-0.4, -0.2) is 27.6 Å². The summed E-state index contributed by atoms with van der Waals surface area (Å²) in [6.45, 7) is 2.26. The van der Waals surface area contributed by atoms with Gasteiger partial charge in [-0.2, -0.15) is 0 Å². The summed E-state index contributed by atoms with van der Waals surface area (Å²) in [4.78, 5) is 26.4. The topological polar surface area (TPSA) is 91.3 Å². The van der Waals surface area contributed by atoms with Crippen molar-refractivity contribution in [2.24, 2.45) is 0 Å². The molecule has 2 rings (SSSR count). The molecule has 0 bridgehead atoms. The Morgan fingerprint density at radius 1 is 1.50 bits per heavy atom. The third-order valence-corrected chi connectivity index (χ3v) is 3.10. The van der Waals surface area contributed by atoms with Gasteiger partial charge in [-0.05, 0) is 37.0 Å². The molecule has 96 valence electrons. The van der Waals surface area contributed by atoms with E-state index >= 15 is 0 Å². The van der Waals surface area contributed by atoms with Crippen molar-refractivity contribution >= 4 is 12.0 Å². The predicted molar refractivity (Wildman–Crippen MR) is 63.9 cm³/mol. The summed E-state index contributed by atoms with van der Waals surface area (Å²) in [7, 11) is 0. The molecule has 1 fully saturated rings. The Bertz CT molecular complexity index is 483. The van der Waals surface area contributed by atoms with Gasteiger partial charge < -0.3 is 15.7 Å². The number of pyridine rings is 1. The van der Waals surface area contributed by atoms with Crippen LogP contribution in [-0.2, 0) is 11.3 Å². The Balaban J connectivity index is 1.86. The number of aryl methyl sites for hydroxylation is 1. The molecule has 6 nitrogen and oxygen atoms in total. The van der Waals surface area contributed by atoms with Crippen molar-refractivity contribution in [3.63, 3.8) is 0 Å². The number of carboxylic acid groups (broad SMARTS) is 1. The largest absolute Gasteiger partial charge is 0.480 e. The lowest BCUT2D eigenvalue weighted by Gasteiger charge is -2.13. The van der Waals surface area contributed by atoms with E-state index in [0.717, 1.165) is 11.1 Å². The van der Waals surface area contributed by atoms with Crippen molar-refractivity contribution < 1.29 is 14.7 Å². The average Bonchev–Trinajstić information content (AvgIpc) is 3.09. The molecule has 0 aromatic carbocycles. The molecule has 3 N–H and O–H groups in total. The molecule has 0 radical (unpaired) electrons. The number of hydrogen-bond donors (Lipinski definition) is 3. The summed E-state index contributed by atoms with van der Waals surface area (Å²) >= 11 is 0. The SMILES string of the molecule is Cc1ccncc1CNC(=O)NC1(C(=O)O)CC1. The Morgan fingerprint density at radius 2 is 2.22 bits per heavy atom. The van der Waals surface area contributed by atoms with Crippen molar-refractivity contribution in [2.45, 2.75) is 31.8 Å². The van der Waals surface area contributed by atoms with Gasteiger partial charge in [-0.1, -0.05) is 0 Å². The third-order valence-electron chi connectivity index (χ3n) is 3.10. The molecule has 1 heterocycles. The van der Waals surface area contributed by atoms with E-state index < -0.39 is 17.5 Å².